The maximum Gasteiger partial charge on any atom is 0.240 e. The van der Waals surface area contributed by atoms with E-state index in [1.165, 1.54) is 0 Å². The van der Waals surface area contributed by atoms with Crippen molar-refractivity contribution in [2.75, 3.05) is 0 Å². The summed E-state index contributed by atoms with van der Waals surface area (Å²) in [6.07, 6.45) is 1.60. The van der Waals surface area contributed by atoms with Crippen molar-refractivity contribution in [2.45, 2.75) is 13.5 Å². The van der Waals surface area contributed by atoms with Crippen molar-refractivity contribution >= 4 is 0 Å². The molecule has 2 rings (SSSR count). The normalized spacial score (nSPS) is 10.3. The van der Waals surface area contributed by atoms with Gasteiger partial charge in [0.2, 0.25) is 11.6 Å². The molecule has 15 heavy (non-hydrogen) atoms. The third-order valence-electron chi connectivity index (χ3n) is 1.70. The van der Waals surface area contributed by atoms with Crippen molar-refractivity contribution in [3.05, 3.63) is 23.8 Å². The van der Waals surface area contributed by atoms with E-state index in [0.29, 0.717) is 24.0 Å². The van der Waals surface area contributed by atoms with E-state index in [4.69, 9.17) is 5.73 Å². The molecule has 2 aromatic heterocycles. The molecule has 0 fully saturated rings. The van der Waals surface area contributed by atoms with Crippen molar-refractivity contribution in [2.24, 2.45) is 5.73 Å². The molecule has 7 nitrogen and oxygen atoms in total. The summed E-state index contributed by atoms with van der Waals surface area (Å²) in [5.74, 6) is 1.20. The van der Waals surface area contributed by atoms with Gasteiger partial charge in [-0.3, -0.25) is 0 Å². The number of nitrogens with two attached hydrogens (primary N) is 1. The lowest BCUT2D eigenvalue weighted by Crippen LogP contribution is -2.05. The average Bonchev–Trinajstić information content (AvgIpc) is 2.30. The zero-order chi connectivity index (χ0) is 10.7. The van der Waals surface area contributed by atoms with Crippen molar-refractivity contribution in [1.29, 1.82) is 0 Å². The molecular weight excluding hydrogens is 194 g/mol. The van der Waals surface area contributed by atoms with Gasteiger partial charge in [-0.15, -0.1) is 20.4 Å². The molecule has 0 saturated carbocycles. The van der Waals surface area contributed by atoms with Gasteiger partial charge in [-0.1, -0.05) is 0 Å². The number of rotatable bonds is 2. The fourth-order valence-electron chi connectivity index (χ4n) is 0.986. The molecule has 0 amide bonds. The zero-order valence-electron chi connectivity index (χ0n) is 8.12. The lowest BCUT2D eigenvalue weighted by Gasteiger charge is -1.98. The molecule has 2 aromatic rings. The molecule has 0 radical (unpaired) electrons. The maximum atomic E-state index is 5.46. The lowest BCUT2D eigenvalue weighted by atomic mass is 10.4. The van der Waals surface area contributed by atoms with E-state index in [1.54, 1.807) is 19.2 Å². The van der Waals surface area contributed by atoms with Gasteiger partial charge >= 0.3 is 0 Å². The van der Waals surface area contributed by atoms with Gasteiger partial charge in [-0.2, -0.15) is 0 Å². The predicted octanol–water partition coefficient (Wildman–Crippen LogP) is -0.509. The van der Waals surface area contributed by atoms with Crippen LogP contribution in [0.1, 0.15) is 11.5 Å². The number of nitrogens with zero attached hydrogens (tertiary/aromatic N) is 6. The molecule has 0 aromatic carbocycles. The summed E-state index contributed by atoms with van der Waals surface area (Å²) < 4.78 is 0. The van der Waals surface area contributed by atoms with Gasteiger partial charge in [0.1, 0.15) is 0 Å². The Morgan fingerprint density at radius 2 is 1.87 bits per heavy atom. The highest BCUT2D eigenvalue weighted by molar-refractivity contribution is 5.40. The smallest absolute Gasteiger partial charge is 0.240 e. The first kappa shape index (κ1) is 9.53. The second-order valence-electron chi connectivity index (χ2n) is 2.85. The fraction of sp³-hybridized carbons (Fsp3) is 0.250. The van der Waals surface area contributed by atoms with E-state index in [-0.39, 0.29) is 0 Å². The molecule has 2 heterocycles. The van der Waals surface area contributed by atoms with E-state index in [0.717, 1.165) is 5.69 Å². The van der Waals surface area contributed by atoms with Crippen LogP contribution in [-0.2, 0) is 6.54 Å². The first-order valence-electron chi connectivity index (χ1n) is 4.36. The summed E-state index contributed by atoms with van der Waals surface area (Å²) >= 11 is 0. The molecule has 0 spiro atoms. The first-order valence-corrected chi connectivity index (χ1v) is 4.36. The van der Waals surface area contributed by atoms with E-state index < -0.39 is 0 Å². The second kappa shape index (κ2) is 4.01. The Bertz CT molecular complexity index is 453. The Morgan fingerprint density at radius 1 is 1.13 bits per heavy atom. The molecule has 0 aliphatic carbocycles. The summed E-state index contributed by atoms with van der Waals surface area (Å²) in [6.45, 7) is 2.06. The lowest BCUT2D eigenvalue weighted by molar-refractivity contribution is 0.803. The van der Waals surface area contributed by atoms with Crippen molar-refractivity contribution in [1.82, 2.24) is 30.4 Å². The van der Waals surface area contributed by atoms with Gasteiger partial charge in [-0.05, 0) is 13.0 Å². The minimum atomic E-state index is 0.302. The van der Waals surface area contributed by atoms with E-state index in [1.807, 2.05) is 0 Å². The Hall–Kier alpha value is -2.02. The zero-order valence-corrected chi connectivity index (χ0v) is 8.12. The minimum absolute atomic E-state index is 0.302. The topological polar surface area (TPSA) is 103 Å². The van der Waals surface area contributed by atoms with Crippen molar-refractivity contribution in [3.8, 4) is 11.6 Å². The van der Waals surface area contributed by atoms with Gasteiger partial charge < -0.3 is 5.73 Å². The molecule has 0 aliphatic rings. The molecule has 76 valence electrons. The number of aromatic nitrogens is 6. The third kappa shape index (κ3) is 2.08. The van der Waals surface area contributed by atoms with Crippen LogP contribution >= 0.6 is 0 Å². The highest BCUT2D eigenvalue weighted by Gasteiger charge is 2.06. The summed E-state index contributed by atoms with van der Waals surface area (Å²) in [5, 5.41) is 15.2. The molecule has 0 aliphatic heterocycles. The summed E-state index contributed by atoms with van der Waals surface area (Å²) in [6, 6.07) is 1.73. The van der Waals surface area contributed by atoms with E-state index in [2.05, 4.69) is 30.4 Å². The maximum absolute atomic E-state index is 5.46. The largest absolute Gasteiger partial charge is 0.325 e. The monoisotopic (exact) mass is 203 g/mol. The minimum Gasteiger partial charge on any atom is -0.325 e. The Kier molecular flexibility index (Phi) is 2.55. The average molecular weight is 203 g/mol. The van der Waals surface area contributed by atoms with Crippen LogP contribution in [0.5, 0.6) is 0 Å². The van der Waals surface area contributed by atoms with Crippen LogP contribution in [0.25, 0.3) is 11.6 Å². The molecule has 0 atom stereocenters. The third-order valence-corrected chi connectivity index (χ3v) is 1.70. The molecule has 0 saturated heterocycles. The van der Waals surface area contributed by atoms with Crippen LogP contribution in [0.15, 0.2) is 12.3 Å². The quantitative estimate of drug-likeness (QED) is 0.700. The standard InChI is InChI=1S/C8H9N7/c1-5-12-14-8(15-13-5)7-10-3-2-6(4-9)11-7/h2-3H,4,9H2,1H3. The van der Waals surface area contributed by atoms with Gasteiger partial charge in [0.25, 0.3) is 0 Å². The van der Waals surface area contributed by atoms with Gasteiger partial charge in [0, 0.05) is 12.7 Å². The summed E-state index contributed by atoms with van der Waals surface area (Å²) in [7, 11) is 0. The Balaban J connectivity index is 2.40. The van der Waals surface area contributed by atoms with Crippen LogP contribution in [-0.4, -0.2) is 30.4 Å². The molecular formula is C8H9N7. The van der Waals surface area contributed by atoms with Gasteiger partial charge in [0.05, 0.1) is 5.69 Å². The Morgan fingerprint density at radius 3 is 2.53 bits per heavy atom. The van der Waals surface area contributed by atoms with Crippen LogP contribution in [0.2, 0.25) is 0 Å². The predicted molar refractivity (Wildman–Crippen MR) is 51.3 cm³/mol. The number of aryl methyl sites for hydroxylation is 1. The van der Waals surface area contributed by atoms with Crippen molar-refractivity contribution < 1.29 is 0 Å². The molecule has 2 N–H and O–H groups in total. The van der Waals surface area contributed by atoms with Crippen molar-refractivity contribution in [3.63, 3.8) is 0 Å². The number of hydrogen-bond donors (Lipinski definition) is 1. The van der Waals surface area contributed by atoms with Gasteiger partial charge in [-0.25, -0.2) is 9.97 Å². The van der Waals surface area contributed by atoms with Crippen LogP contribution in [0, 0.1) is 6.92 Å². The van der Waals surface area contributed by atoms with E-state index >= 15 is 0 Å². The SMILES string of the molecule is Cc1nnc(-c2nccc(CN)n2)nn1. The van der Waals surface area contributed by atoms with Gasteiger partial charge in [0.15, 0.2) is 5.82 Å². The van der Waals surface area contributed by atoms with Crippen LogP contribution < -0.4 is 5.73 Å². The fourth-order valence-corrected chi connectivity index (χ4v) is 0.986. The number of hydrogen-bond acceptors (Lipinski definition) is 7. The molecule has 0 bridgehead atoms. The van der Waals surface area contributed by atoms with Crippen LogP contribution in [0.4, 0.5) is 0 Å². The highest BCUT2D eigenvalue weighted by atomic mass is 15.3. The Labute approximate surface area is 85.8 Å². The molecule has 0 unspecified atom stereocenters. The molecule has 7 heteroatoms. The second-order valence-corrected chi connectivity index (χ2v) is 2.85. The summed E-state index contributed by atoms with van der Waals surface area (Å²) in [5.41, 5.74) is 6.18. The summed E-state index contributed by atoms with van der Waals surface area (Å²) in [4.78, 5) is 8.17. The van der Waals surface area contributed by atoms with Crippen LogP contribution in [0.3, 0.4) is 0 Å². The van der Waals surface area contributed by atoms with E-state index in [9.17, 15) is 0 Å². The highest BCUT2D eigenvalue weighted by Crippen LogP contribution is 2.05. The first-order chi connectivity index (χ1) is 7.29.